The van der Waals surface area contributed by atoms with E-state index in [1.54, 1.807) is 6.92 Å². The third kappa shape index (κ3) is 2.99. The Labute approximate surface area is 117 Å². The van der Waals surface area contributed by atoms with Gasteiger partial charge in [0.25, 0.3) is 0 Å². The third-order valence-electron chi connectivity index (χ3n) is 3.12. The highest BCUT2D eigenvalue weighted by Crippen LogP contribution is 2.21. The lowest BCUT2D eigenvalue weighted by molar-refractivity contribution is 0.0683. The van der Waals surface area contributed by atoms with Gasteiger partial charge in [0, 0.05) is 0 Å². The minimum Gasteiger partial charge on any atom is -0.489 e. The van der Waals surface area contributed by atoms with Gasteiger partial charge in [-0.3, -0.25) is 0 Å². The second-order valence-corrected chi connectivity index (χ2v) is 4.88. The average molecular weight is 275 g/mol. The summed E-state index contributed by atoms with van der Waals surface area (Å²) >= 11 is 0. The maximum Gasteiger partial charge on any atom is 0.358 e. The first-order chi connectivity index (χ1) is 9.49. The molecule has 0 aliphatic heterocycles. The van der Waals surface area contributed by atoms with E-state index >= 15 is 0 Å². The Morgan fingerprint density at radius 2 is 2.00 bits per heavy atom. The van der Waals surface area contributed by atoms with Crippen LogP contribution in [-0.4, -0.2) is 16.2 Å². The van der Waals surface area contributed by atoms with E-state index in [-0.39, 0.29) is 12.3 Å². The zero-order valence-electron chi connectivity index (χ0n) is 11.7. The zero-order valence-corrected chi connectivity index (χ0v) is 11.7. The molecule has 0 bridgehead atoms. The molecule has 5 heteroatoms. The molecule has 20 heavy (non-hydrogen) atoms. The predicted octanol–water partition coefficient (Wildman–Crippen LogP) is 3.38. The van der Waals surface area contributed by atoms with E-state index < -0.39 is 5.97 Å². The number of carboxylic acids is 1. The number of nitrogens with zero attached hydrogens (tertiary/aromatic N) is 1. The van der Waals surface area contributed by atoms with Crippen LogP contribution in [0.15, 0.2) is 28.8 Å². The number of rotatable bonds is 5. The maximum atomic E-state index is 11.0. The summed E-state index contributed by atoms with van der Waals surface area (Å²) in [4.78, 5) is 11.0. The van der Waals surface area contributed by atoms with Crippen molar-refractivity contribution in [3.05, 3.63) is 46.8 Å². The van der Waals surface area contributed by atoms with E-state index in [1.165, 1.54) is 5.56 Å². The lowest BCUT2D eigenvalue weighted by Gasteiger charge is -2.08. The number of aromatic carboxylic acids is 1. The Bertz CT molecular complexity index is 599. The lowest BCUT2D eigenvalue weighted by Crippen LogP contribution is -2.05. The molecule has 0 unspecified atom stereocenters. The fourth-order valence-electron chi connectivity index (χ4n) is 1.83. The Hall–Kier alpha value is -2.30. The van der Waals surface area contributed by atoms with Crippen molar-refractivity contribution < 1.29 is 19.2 Å². The van der Waals surface area contributed by atoms with Crippen molar-refractivity contribution in [1.29, 1.82) is 0 Å². The normalized spacial score (nSPS) is 10.8. The number of hydrogen-bond acceptors (Lipinski definition) is 4. The van der Waals surface area contributed by atoms with Crippen LogP contribution >= 0.6 is 0 Å². The van der Waals surface area contributed by atoms with Crippen LogP contribution in [0.3, 0.4) is 0 Å². The van der Waals surface area contributed by atoms with E-state index in [2.05, 4.69) is 19.0 Å². The molecule has 2 aromatic rings. The molecule has 0 fully saturated rings. The van der Waals surface area contributed by atoms with Crippen LogP contribution in [0, 0.1) is 6.92 Å². The minimum atomic E-state index is -1.12. The van der Waals surface area contributed by atoms with E-state index in [1.807, 2.05) is 24.3 Å². The highest BCUT2D eigenvalue weighted by molar-refractivity contribution is 5.87. The van der Waals surface area contributed by atoms with Gasteiger partial charge in [-0.05, 0) is 30.5 Å². The number of benzene rings is 1. The predicted molar refractivity (Wildman–Crippen MR) is 73.1 cm³/mol. The van der Waals surface area contributed by atoms with Crippen LogP contribution < -0.4 is 4.74 Å². The molecule has 0 atom stereocenters. The van der Waals surface area contributed by atoms with Crippen molar-refractivity contribution in [1.82, 2.24) is 5.16 Å². The first-order valence-electron chi connectivity index (χ1n) is 6.40. The van der Waals surface area contributed by atoms with Gasteiger partial charge in [0.2, 0.25) is 0 Å². The number of carboxylic acid groups (broad SMARTS) is 1. The number of hydrogen-bond donors (Lipinski definition) is 1. The second kappa shape index (κ2) is 5.77. The smallest absolute Gasteiger partial charge is 0.358 e. The molecule has 5 nitrogen and oxygen atoms in total. The molecule has 1 heterocycles. The molecule has 0 amide bonds. The number of aryl methyl sites for hydroxylation is 1. The summed E-state index contributed by atoms with van der Waals surface area (Å²) in [7, 11) is 0. The molecule has 0 radical (unpaired) electrons. The Morgan fingerprint density at radius 1 is 1.35 bits per heavy atom. The quantitative estimate of drug-likeness (QED) is 0.905. The molecular formula is C15H17NO4. The monoisotopic (exact) mass is 275 g/mol. The minimum absolute atomic E-state index is 0.0960. The van der Waals surface area contributed by atoms with Crippen LogP contribution in [0.1, 0.15) is 47.1 Å². The van der Waals surface area contributed by atoms with Crippen molar-refractivity contribution in [3.63, 3.8) is 0 Å². The maximum absolute atomic E-state index is 11.0. The summed E-state index contributed by atoms with van der Waals surface area (Å²) in [5, 5.41) is 12.5. The fourth-order valence-corrected chi connectivity index (χ4v) is 1.83. The first kappa shape index (κ1) is 14.1. The molecule has 1 aromatic heterocycles. The first-order valence-corrected chi connectivity index (χ1v) is 6.40. The van der Waals surface area contributed by atoms with Gasteiger partial charge < -0.3 is 14.4 Å². The van der Waals surface area contributed by atoms with Crippen molar-refractivity contribution in [3.8, 4) is 5.75 Å². The van der Waals surface area contributed by atoms with Crippen molar-refractivity contribution >= 4 is 5.97 Å². The van der Waals surface area contributed by atoms with Crippen LogP contribution in [0.25, 0.3) is 0 Å². The molecule has 1 aromatic carbocycles. The van der Waals surface area contributed by atoms with Crippen molar-refractivity contribution in [2.75, 3.05) is 0 Å². The number of carbonyl (C=O) groups is 1. The van der Waals surface area contributed by atoms with Crippen LogP contribution in [0.4, 0.5) is 0 Å². The standard InChI is InChI=1S/C15H17NO4/c1-9(2)11-4-6-12(7-5-11)19-8-13-10(3)20-16-14(13)15(17)18/h4-7,9H,8H2,1-3H3,(H,17,18). The summed E-state index contributed by atoms with van der Waals surface area (Å²) in [6.45, 7) is 6.03. The summed E-state index contributed by atoms with van der Waals surface area (Å²) in [6.07, 6.45) is 0. The molecule has 1 N–H and O–H groups in total. The summed E-state index contributed by atoms with van der Waals surface area (Å²) in [6, 6.07) is 7.74. The molecular weight excluding hydrogens is 258 g/mol. The van der Waals surface area contributed by atoms with Crippen LogP contribution in [0.2, 0.25) is 0 Å². The molecule has 0 saturated carbocycles. The summed E-state index contributed by atoms with van der Waals surface area (Å²) in [5.41, 5.74) is 1.59. The van der Waals surface area contributed by atoms with Gasteiger partial charge in [-0.2, -0.15) is 0 Å². The lowest BCUT2D eigenvalue weighted by atomic mass is 10.0. The van der Waals surface area contributed by atoms with Crippen LogP contribution in [-0.2, 0) is 6.61 Å². The van der Waals surface area contributed by atoms with Gasteiger partial charge in [-0.1, -0.05) is 31.1 Å². The number of aromatic nitrogens is 1. The Morgan fingerprint density at radius 3 is 2.55 bits per heavy atom. The SMILES string of the molecule is Cc1onc(C(=O)O)c1COc1ccc(C(C)C)cc1. The van der Waals surface area contributed by atoms with Crippen molar-refractivity contribution in [2.45, 2.75) is 33.3 Å². The highest BCUT2D eigenvalue weighted by Gasteiger charge is 2.19. The van der Waals surface area contributed by atoms with E-state index in [9.17, 15) is 4.79 Å². The van der Waals surface area contributed by atoms with Gasteiger partial charge in [0.1, 0.15) is 18.1 Å². The summed E-state index contributed by atoms with van der Waals surface area (Å²) < 4.78 is 10.5. The molecule has 0 saturated heterocycles. The second-order valence-electron chi connectivity index (χ2n) is 4.88. The van der Waals surface area contributed by atoms with E-state index in [0.717, 1.165) is 0 Å². The van der Waals surface area contributed by atoms with Gasteiger partial charge >= 0.3 is 5.97 Å². The largest absolute Gasteiger partial charge is 0.489 e. The van der Waals surface area contributed by atoms with Gasteiger partial charge in [-0.15, -0.1) is 0 Å². The molecule has 0 aliphatic carbocycles. The molecule has 0 aliphatic rings. The van der Waals surface area contributed by atoms with Gasteiger partial charge in [-0.25, -0.2) is 4.79 Å². The molecule has 2 rings (SSSR count). The van der Waals surface area contributed by atoms with Gasteiger partial charge in [0.05, 0.1) is 5.56 Å². The van der Waals surface area contributed by atoms with E-state index in [4.69, 9.17) is 14.4 Å². The fraction of sp³-hybridized carbons (Fsp3) is 0.333. The summed E-state index contributed by atoms with van der Waals surface area (Å²) in [5.74, 6) is 0.492. The highest BCUT2D eigenvalue weighted by atomic mass is 16.5. The third-order valence-corrected chi connectivity index (χ3v) is 3.12. The molecule has 0 spiro atoms. The van der Waals surface area contributed by atoms with E-state index in [0.29, 0.717) is 23.0 Å². The molecule has 106 valence electrons. The Balaban J connectivity index is 2.09. The van der Waals surface area contributed by atoms with Gasteiger partial charge in [0.15, 0.2) is 5.69 Å². The Kier molecular flexibility index (Phi) is 4.08. The average Bonchev–Trinajstić information content (AvgIpc) is 2.78. The van der Waals surface area contributed by atoms with Crippen molar-refractivity contribution in [2.24, 2.45) is 0 Å². The zero-order chi connectivity index (χ0) is 14.7. The number of ether oxygens (including phenoxy) is 1. The topological polar surface area (TPSA) is 72.6 Å². The van der Waals surface area contributed by atoms with Crippen LogP contribution in [0.5, 0.6) is 5.75 Å².